The third-order valence-corrected chi connectivity index (χ3v) is 13.7. The minimum atomic E-state index is -1.97. The zero-order valence-corrected chi connectivity index (χ0v) is 33.3. The lowest BCUT2D eigenvalue weighted by Gasteiger charge is -2.26. The number of hydrogen-bond donors (Lipinski definition) is 0. The molecule has 272 valence electrons. The molecular formula is C47H43BrNO4P. The largest absolute Gasteiger partial charge is 1.00 e. The predicted molar refractivity (Wildman–Crippen MR) is 224 cm³/mol. The summed E-state index contributed by atoms with van der Waals surface area (Å²) in [5.74, 6) is 3.44. The smallest absolute Gasteiger partial charge is 0.143 e. The first kappa shape index (κ1) is 38.2. The van der Waals surface area contributed by atoms with Crippen molar-refractivity contribution in [2.24, 2.45) is 0 Å². The highest BCUT2D eigenvalue weighted by atomic mass is 79.9. The van der Waals surface area contributed by atoms with Gasteiger partial charge in [0.15, 0.2) is 0 Å². The van der Waals surface area contributed by atoms with Gasteiger partial charge < -0.3 is 40.2 Å². The van der Waals surface area contributed by atoms with Crippen LogP contribution < -0.4 is 47.3 Å². The fraction of sp³-hybridized carbons (Fsp3) is 0.106. The van der Waals surface area contributed by atoms with Crippen molar-refractivity contribution in [1.82, 2.24) is 0 Å². The van der Waals surface area contributed by atoms with Gasteiger partial charge in [-0.25, -0.2) is 0 Å². The van der Waals surface area contributed by atoms with Crippen LogP contribution in [0.1, 0.15) is 17.1 Å². The molecule has 0 radical (unpaired) electrons. The van der Waals surface area contributed by atoms with Gasteiger partial charge in [-0.1, -0.05) is 72.8 Å². The van der Waals surface area contributed by atoms with E-state index >= 15 is 0 Å². The average molecular weight is 797 g/mol. The van der Waals surface area contributed by atoms with Gasteiger partial charge >= 0.3 is 0 Å². The maximum absolute atomic E-state index is 6.38. The van der Waals surface area contributed by atoms with Crippen molar-refractivity contribution in [3.05, 3.63) is 181 Å². The van der Waals surface area contributed by atoms with Crippen LogP contribution in [-0.4, -0.2) is 28.3 Å². The molecule has 0 aliphatic heterocycles. The molecule has 0 saturated heterocycles. The first-order valence-electron chi connectivity index (χ1n) is 17.6. The SMILES string of the molecule is COc1ccc2cc(/C=C/c3ccc(N(C)C)cc3)oc2c1.COc1ccc2cc(C[P+](c3ccccc3)(c3ccccc3)c3ccccc3)oc2c1.[Br-]. The van der Waals surface area contributed by atoms with Gasteiger partial charge in [-0.15, -0.1) is 0 Å². The first-order valence-corrected chi connectivity index (χ1v) is 19.6. The van der Waals surface area contributed by atoms with E-state index in [4.69, 9.17) is 18.3 Å². The molecule has 0 bridgehead atoms. The number of rotatable bonds is 10. The number of halogens is 1. The second-order valence-corrected chi connectivity index (χ2v) is 16.4. The molecule has 0 atom stereocenters. The summed E-state index contributed by atoms with van der Waals surface area (Å²) in [6.45, 7) is 0. The second kappa shape index (κ2) is 17.5. The summed E-state index contributed by atoms with van der Waals surface area (Å²) in [5, 5.41) is 6.23. The molecule has 5 nitrogen and oxygen atoms in total. The fourth-order valence-electron chi connectivity index (χ4n) is 6.58. The number of benzene rings is 6. The van der Waals surface area contributed by atoms with Crippen molar-refractivity contribution in [1.29, 1.82) is 0 Å². The van der Waals surface area contributed by atoms with Crippen LogP contribution in [0.3, 0.4) is 0 Å². The van der Waals surface area contributed by atoms with Crippen molar-refractivity contribution in [2.45, 2.75) is 6.16 Å². The molecule has 2 aromatic heterocycles. The maximum atomic E-state index is 6.38. The lowest BCUT2D eigenvalue weighted by Crippen LogP contribution is -3.00. The van der Waals surface area contributed by atoms with Gasteiger partial charge in [0.25, 0.3) is 0 Å². The van der Waals surface area contributed by atoms with Gasteiger partial charge in [0.2, 0.25) is 0 Å². The van der Waals surface area contributed by atoms with Crippen LogP contribution in [0.2, 0.25) is 0 Å². The highest BCUT2D eigenvalue weighted by Crippen LogP contribution is 2.58. The number of anilines is 1. The van der Waals surface area contributed by atoms with E-state index in [0.717, 1.165) is 56.7 Å². The van der Waals surface area contributed by atoms with E-state index in [2.05, 4.69) is 132 Å². The van der Waals surface area contributed by atoms with Crippen LogP contribution in [0.25, 0.3) is 34.1 Å². The molecule has 54 heavy (non-hydrogen) atoms. The Morgan fingerprint density at radius 3 is 1.50 bits per heavy atom. The molecule has 7 heteroatoms. The summed E-state index contributed by atoms with van der Waals surface area (Å²) >= 11 is 0. The van der Waals surface area contributed by atoms with Crippen molar-refractivity contribution >= 4 is 63.0 Å². The van der Waals surface area contributed by atoms with Gasteiger partial charge in [-0.2, -0.15) is 0 Å². The normalized spacial score (nSPS) is 11.2. The number of nitrogens with zero attached hydrogens (tertiary/aromatic N) is 1. The molecule has 0 N–H and O–H groups in total. The minimum absolute atomic E-state index is 0. The van der Waals surface area contributed by atoms with E-state index in [-0.39, 0.29) is 17.0 Å². The molecule has 0 saturated carbocycles. The number of fused-ring (bicyclic) bond motifs is 2. The van der Waals surface area contributed by atoms with Crippen LogP contribution in [0.15, 0.2) is 173 Å². The van der Waals surface area contributed by atoms with Gasteiger partial charge in [-0.3, -0.25) is 0 Å². The van der Waals surface area contributed by atoms with E-state index in [0.29, 0.717) is 0 Å². The summed E-state index contributed by atoms with van der Waals surface area (Å²) in [4.78, 5) is 2.08. The topological polar surface area (TPSA) is 48.0 Å². The maximum Gasteiger partial charge on any atom is 0.143 e. The molecule has 2 heterocycles. The summed E-state index contributed by atoms with van der Waals surface area (Å²) in [7, 11) is 5.43. The van der Waals surface area contributed by atoms with E-state index < -0.39 is 7.26 Å². The Balaban J connectivity index is 0.000000191. The molecule has 0 unspecified atom stereocenters. The second-order valence-electron chi connectivity index (χ2n) is 13.0. The van der Waals surface area contributed by atoms with E-state index in [1.165, 1.54) is 21.6 Å². The quantitative estimate of drug-likeness (QED) is 0.134. The monoisotopic (exact) mass is 795 g/mol. The van der Waals surface area contributed by atoms with Gasteiger partial charge in [0.05, 0.1) is 14.2 Å². The molecule has 0 fully saturated rings. The molecule has 8 rings (SSSR count). The molecule has 0 spiro atoms. The summed E-state index contributed by atoms with van der Waals surface area (Å²) in [6, 6.07) is 57.1. The highest BCUT2D eigenvalue weighted by Gasteiger charge is 2.46. The van der Waals surface area contributed by atoms with Crippen LogP contribution >= 0.6 is 7.26 Å². The van der Waals surface area contributed by atoms with E-state index in [1.54, 1.807) is 14.2 Å². The molecule has 0 aliphatic rings. The lowest BCUT2D eigenvalue weighted by atomic mass is 10.1. The summed E-state index contributed by atoms with van der Waals surface area (Å²) < 4.78 is 22.8. The molecule has 0 aliphatic carbocycles. The number of methoxy groups -OCH3 is 2. The van der Waals surface area contributed by atoms with Crippen LogP contribution in [0, 0.1) is 0 Å². The Kier molecular flexibility index (Phi) is 12.4. The minimum Gasteiger partial charge on any atom is -1.00 e. The molecular weight excluding hydrogens is 753 g/mol. The first-order chi connectivity index (χ1) is 25.9. The van der Waals surface area contributed by atoms with Crippen molar-refractivity contribution in [3.63, 3.8) is 0 Å². The zero-order chi connectivity index (χ0) is 36.6. The van der Waals surface area contributed by atoms with Crippen LogP contribution in [-0.2, 0) is 6.16 Å². The standard InChI is InChI=1S/C28H24O2P.C19H19NO2.BrH/c1-29-23-18-17-22-19-24(30-28(22)20-23)21-31(25-11-5-2-6-12-25,26-13-7-3-8-14-26)27-15-9-4-10-16-27;1-20(2)16-8-4-14(5-9-16)6-10-18-12-15-7-11-17(21-3)13-19(15)22-18;/h2-20H,21H2,1H3;4-13H,1-3H3;1H/q+1;;/p-1/b;10-6+;. The Labute approximate surface area is 328 Å². The fourth-order valence-corrected chi connectivity index (χ4v) is 10.7. The van der Waals surface area contributed by atoms with Gasteiger partial charge in [-0.05, 0) is 96.6 Å². The van der Waals surface area contributed by atoms with E-state index in [9.17, 15) is 0 Å². The van der Waals surface area contributed by atoms with Gasteiger partial charge in [0, 0.05) is 42.7 Å². The van der Waals surface area contributed by atoms with Crippen molar-refractivity contribution < 1.29 is 35.3 Å². The zero-order valence-electron chi connectivity index (χ0n) is 30.9. The van der Waals surface area contributed by atoms with E-state index in [1.807, 2.05) is 62.6 Å². The number of ether oxygens (including phenoxy) is 2. The average Bonchev–Trinajstić information content (AvgIpc) is 3.83. The van der Waals surface area contributed by atoms with Crippen LogP contribution in [0.5, 0.6) is 11.5 Å². The van der Waals surface area contributed by atoms with Crippen molar-refractivity contribution in [3.8, 4) is 11.5 Å². The molecule has 6 aromatic carbocycles. The third-order valence-electron chi connectivity index (χ3n) is 9.36. The Morgan fingerprint density at radius 1 is 0.537 bits per heavy atom. The number of hydrogen-bond acceptors (Lipinski definition) is 5. The Morgan fingerprint density at radius 2 is 1.02 bits per heavy atom. The predicted octanol–water partition coefficient (Wildman–Crippen LogP) is 7.62. The van der Waals surface area contributed by atoms with Gasteiger partial charge in [0.1, 0.15) is 63.5 Å². The molecule has 8 aromatic rings. The van der Waals surface area contributed by atoms with Crippen molar-refractivity contribution in [2.75, 3.05) is 33.2 Å². The summed E-state index contributed by atoms with van der Waals surface area (Å²) in [6.07, 6.45) is 4.85. The Bertz CT molecular complexity index is 2330. The van der Waals surface area contributed by atoms with Crippen LogP contribution in [0.4, 0.5) is 5.69 Å². The molecule has 0 amide bonds. The lowest BCUT2D eigenvalue weighted by molar-refractivity contribution is -0.0000121. The number of furan rings is 2. The summed E-state index contributed by atoms with van der Waals surface area (Å²) in [5.41, 5.74) is 4.03. The third kappa shape index (κ3) is 8.47. The Hall–Kier alpha value is -5.55. The highest BCUT2D eigenvalue weighted by molar-refractivity contribution is 7.95.